The molecule has 0 spiro atoms. The molecule has 1 N–H and O–H groups in total. The molecule has 29 heavy (non-hydrogen) atoms. The molecule has 1 unspecified atom stereocenters. The number of morpholine rings is 1. The van der Waals surface area contributed by atoms with Crippen molar-refractivity contribution in [3.05, 3.63) is 53.2 Å². The minimum Gasteiger partial charge on any atom is -0.378 e. The summed E-state index contributed by atoms with van der Waals surface area (Å²) in [6, 6.07) is 5.57. The summed E-state index contributed by atoms with van der Waals surface area (Å²) >= 11 is 0. The van der Waals surface area contributed by atoms with Crippen molar-refractivity contribution in [2.24, 2.45) is 0 Å². The Labute approximate surface area is 169 Å². The highest BCUT2D eigenvalue weighted by molar-refractivity contribution is 5.97. The van der Waals surface area contributed by atoms with E-state index in [1.165, 1.54) is 0 Å². The molecule has 1 fully saturated rings. The summed E-state index contributed by atoms with van der Waals surface area (Å²) in [4.78, 5) is 32.9. The van der Waals surface area contributed by atoms with Crippen LogP contribution in [0.25, 0.3) is 11.0 Å². The highest BCUT2D eigenvalue weighted by atomic mass is 16.5. The van der Waals surface area contributed by atoms with Gasteiger partial charge in [0.25, 0.3) is 5.91 Å². The molecule has 0 aliphatic carbocycles. The van der Waals surface area contributed by atoms with Crippen LogP contribution >= 0.6 is 0 Å². The number of aryl methyl sites for hydroxylation is 2. The Morgan fingerprint density at radius 1 is 1.21 bits per heavy atom. The van der Waals surface area contributed by atoms with Gasteiger partial charge in [0.1, 0.15) is 5.82 Å². The Balaban J connectivity index is 1.73. The summed E-state index contributed by atoms with van der Waals surface area (Å²) in [5.41, 5.74) is 3.36. The number of carbonyl (C=O) groups is 1. The Morgan fingerprint density at radius 2 is 2.00 bits per heavy atom. The summed E-state index contributed by atoms with van der Waals surface area (Å²) in [6.45, 7) is 8.54. The standard InChI is InChI=1S/C21H24N6O2/c1-13-11-14(2)23-18-17(13)20(27-7-9-29-10-8-27)26-19(25-18)21(28)24-15(3)16-5-4-6-22-12-16/h4-6,11-12,15H,7-10H2,1-3H3,(H,24,28). The zero-order valence-corrected chi connectivity index (χ0v) is 16.8. The first kappa shape index (κ1) is 19.2. The van der Waals surface area contributed by atoms with Gasteiger partial charge >= 0.3 is 0 Å². The predicted molar refractivity (Wildman–Crippen MR) is 110 cm³/mol. The van der Waals surface area contributed by atoms with Gasteiger partial charge < -0.3 is 15.0 Å². The van der Waals surface area contributed by atoms with Crippen molar-refractivity contribution >= 4 is 22.8 Å². The lowest BCUT2D eigenvalue weighted by Crippen LogP contribution is -2.38. The number of pyridine rings is 2. The van der Waals surface area contributed by atoms with Crippen LogP contribution in [0.2, 0.25) is 0 Å². The number of fused-ring (bicyclic) bond motifs is 1. The molecule has 0 bridgehead atoms. The SMILES string of the molecule is Cc1cc(C)c2c(N3CCOCC3)nc(C(=O)NC(C)c3cccnc3)nc2n1. The monoisotopic (exact) mass is 392 g/mol. The minimum atomic E-state index is -0.335. The number of nitrogens with zero attached hydrogens (tertiary/aromatic N) is 5. The highest BCUT2D eigenvalue weighted by Gasteiger charge is 2.23. The van der Waals surface area contributed by atoms with E-state index < -0.39 is 0 Å². The fraction of sp³-hybridized carbons (Fsp3) is 0.381. The summed E-state index contributed by atoms with van der Waals surface area (Å²) in [5, 5.41) is 3.85. The van der Waals surface area contributed by atoms with Crippen LogP contribution in [0, 0.1) is 13.8 Å². The van der Waals surface area contributed by atoms with Crippen LogP contribution in [0.5, 0.6) is 0 Å². The number of ether oxygens (including phenoxy) is 1. The fourth-order valence-corrected chi connectivity index (χ4v) is 3.54. The quantitative estimate of drug-likeness (QED) is 0.728. The van der Waals surface area contributed by atoms with E-state index in [9.17, 15) is 4.79 Å². The molecule has 0 saturated carbocycles. The zero-order chi connectivity index (χ0) is 20.4. The largest absolute Gasteiger partial charge is 0.378 e. The zero-order valence-electron chi connectivity index (χ0n) is 16.8. The molecule has 1 saturated heterocycles. The second kappa shape index (κ2) is 8.08. The van der Waals surface area contributed by atoms with Gasteiger partial charge in [-0.2, -0.15) is 0 Å². The molecule has 0 aromatic carbocycles. The van der Waals surface area contributed by atoms with E-state index in [2.05, 4.69) is 30.2 Å². The molecule has 4 heterocycles. The molecule has 3 aromatic rings. The van der Waals surface area contributed by atoms with Crippen LogP contribution in [0.3, 0.4) is 0 Å². The van der Waals surface area contributed by atoms with E-state index in [1.807, 2.05) is 39.0 Å². The smallest absolute Gasteiger partial charge is 0.289 e. The van der Waals surface area contributed by atoms with Crippen molar-refractivity contribution in [1.82, 2.24) is 25.3 Å². The second-order valence-corrected chi connectivity index (χ2v) is 7.23. The lowest BCUT2D eigenvalue weighted by Gasteiger charge is -2.29. The summed E-state index contributed by atoms with van der Waals surface area (Å²) in [5.74, 6) is 0.522. The second-order valence-electron chi connectivity index (χ2n) is 7.23. The highest BCUT2D eigenvalue weighted by Crippen LogP contribution is 2.27. The van der Waals surface area contributed by atoms with E-state index in [4.69, 9.17) is 4.74 Å². The van der Waals surface area contributed by atoms with Gasteiger partial charge in [0.05, 0.1) is 24.6 Å². The van der Waals surface area contributed by atoms with Gasteiger partial charge in [0.15, 0.2) is 5.65 Å². The van der Waals surface area contributed by atoms with Crippen molar-refractivity contribution in [3.8, 4) is 0 Å². The van der Waals surface area contributed by atoms with Gasteiger partial charge in [-0.3, -0.25) is 9.78 Å². The molecule has 1 atom stereocenters. The number of hydrogen-bond donors (Lipinski definition) is 1. The van der Waals surface area contributed by atoms with Gasteiger partial charge in [-0.05, 0) is 44.0 Å². The number of nitrogens with one attached hydrogen (secondary N) is 1. The third kappa shape index (κ3) is 4.02. The van der Waals surface area contributed by atoms with E-state index in [0.29, 0.717) is 32.0 Å². The molecule has 150 valence electrons. The van der Waals surface area contributed by atoms with Gasteiger partial charge in [-0.15, -0.1) is 0 Å². The normalized spacial score (nSPS) is 15.3. The molecule has 1 aliphatic rings. The maximum atomic E-state index is 12.9. The first-order chi connectivity index (χ1) is 14.0. The van der Waals surface area contributed by atoms with Crippen molar-refractivity contribution in [2.45, 2.75) is 26.8 Å². The number of anilines is 1. The molecular formula is C21H24N6O2. The molecular weight excluding hydrogens is 368 g/mol. The number of rotatable bonds is 4. The minimum absolute atomic E-state index is 0.118. The lowest BCUT2D eigenvalue weighted by atomic mass is 10.1. The maximum Gasteiger partial charge on any atom is 0.289 e. The average Bonchev–Trinajstić information content (AvgIpc) is 2.73. The van der Waals surface area contributed by atoms with Crippen molar-refractivity contribution < 1.29 is 9.53 Å². The van der Waals surface area contributed by atoms with Crippen molar-refractivity contribution in [3.63, 3.8) is 0 Å². The Bertz CT molecular complexity index is 1030. The predicted octanol–water partition coefficient (Wildman–Crippen LogP) is 2.36. The van der Waals surface area contributed by atoms with Gasteiger partial charge in [-0.25, -0.2) is 15.0 Å². The van der Waals surface area contributed by atoms with Crippen LogP contribution in [0.4, 0.5) is 5.82 Å². The average molecular weight is 392 g/mol. The van der Waals surface area contributed by atoms with Gasteiger partial charge in [-0.1, -0.05) is 6.07 Å². The van der Waals surface area contributed by atoms with E-state index >= 15 is 0 Å². The number of hydrogen-bond acceptors (Lipinski definition) is 7. The van der Waals surface area contributed by atoms with Crippen LogP contribution in [0.15, 0.2) is 30.6 Å². The third-order valence-corrected chi connectivity index (χ3v) is 5.02. The first-order valence-corrected chi connectivity index (χ1v) is 9.72. The number of amides is 1. The number of carbonyl (C=O) groups excluding carboxylic acids is 1. The molecule has 1 aliphatic heterocycles. The van der Waals surface area contributed by atoms with E-state index in [-0.39, 0.29) is 17.8 Å². The molecule has 1 amide bonds. The molecule has 8 heteroatoms. The Morgan fingerprint density at radius 3 is 2.72 bits per heavy atom. The molecule has 3 aromatic heterocycles. The van der Waals surface area contributed by atoms with Crippen LogP contribution in [0.1, 0.15) is 40.4 Å². The fourth-order valence-electron chi connectivity index (χ4n) is 3.54. The van der Waals surface area contributed by atoms with Crippen LogP contribution in [-0.4, -0.2) is 52.1 Å². The summed E-state index contributed by atoms with van der Waals surface area (Å²) in [6.07, 6.45) is 3.44. The Kier molecular flexibility index (Phi) is 5.35. The molecule has 8 nitrogen and oxygen atoms in total. The first-order valence-electron chi connectivity index (χ1n) is 9.72. The van der Waals surface area contributed by atoms with Crippen LogP contribution in [-0.2, 0) is 4.74 Å². The Hall–Kier alpha value is -3.13. The lowest BCUT2D eigenvalue weighted by molar-refractivity contribution is 0.0929. The van der Waals surface area contributed by atoms with Gasteiger partial charge in [0, 0.05) is 31.2 Å². The summed E-state index contributed by atoms with van der Waals surface area (Å²) in [7, 11) is 0. The number of aromatic nitrogens is 4. The topological polar surface area (TPSA) is 93.1 Å². The van der Waals surface area contributed by atoms with E-state index in [0.717, 1.165) is 28.0 Å². The molecule has 0 radical (unpaired) electrons. The van der Waals surface area contributed by atoms with Gasteiger partial charge in [0.2, 0.25) is 5.82 Å². The van der Waals surface area contributed by atoms with Crippen LogP contribution < -0.4 is 10.2 Å². The maximum absolute atomic E-state index is 12.9. The van der Waals surface area contributed by atoms with E-state index in [1.54, 1.807) is 12.4 Å². The van der Waals surface area contributed by atoms with Crippen molar-refractivity contribution in [1.29, 1.82) is 0 Å². The molecule has 4 rings (SSSR count). The third-order valence-electron chi connectivity index (χ3n) is 5.02. The summed E-state index contributed by atoms with van der Waals surface area (Å²) < 4.78 is 5.48. The van der Waals surface area contributed by atoms with Crippen molar-refractivity contribution in [2.75, 3.05) is 31.2 Å².